The van der Waals surface area contributed by atoms with E-state index in [0.29, 0.717) is 28.3 Å². The van der Waals surface area contributed by atoms with Crippen LogP contribution >= 0.6 is 0 Å². The topological polar surface area (TPSA) is 150 Å². The van der Waals surface area contributed by atoms with Crippen molar-refractivity contribution in [1.82, 2.24) is 15.5 Å². The summed E-state index contributed by atoms with van der Waals surface area (Å²) in [5.41, 5.74) is 1.18. The maximum Gasteiger partial charge on any atom is 0.424 e. The molecule has 1 aliphatic carbocycles. The lowest BCUT2D eigenvalue weighted by Crippen LogP contribution is -2.51. The Morgan fingerprint density at radius 1 is 1.13 bits per heavy atom. The largest absolute Gasteiger partial charge is 0.490 e. The molecule has 4 N–H and O–H groups in total. The maximum absolute atomic E-state index is 14.8. The average molecular weight is 655 g/mol. The second kappa shape index (κ2) is 11.4. The predicted molar refractivity (Wildman–Crippen MR) is 159 cm³/mol. The minimum Gasteiger partial charge on any atom is -0.490 e. The van der Waals surface area contributed by atoms with Crippen molar-refractivity contribution in [3.05, 3.63) is 82.6 Å². The Morgan fingerprint density at radius 2 is 1.83 bits per heavy atom. The van der Waals surface area contributed by atoms with E-state index in [1.807, 2.05) is 0 Å². The number of carbonyl (C=O) groups excluding carboxylic acids is 2. The van der Waals surface area contributed by atoms with Gasteiger partial charge in [0.05, 0.1) is 29.6 Å². The van der Waals surface area contributed by atoms with Crippen LogP contribution in [-0.2, 0) is 15.8 Å². The minimum atomic E-state index is -5.36. The number of ether oxygens (including phenoxy) is 2. The number of nitrogens with one attached hydrogen (secondary N) is 1. The summed E-state index contributed by atoms with van der Waals surface area (Å²) in [6, 6.07) is 10.0. The Balaban J connectivity index is 1.37. The van der Waals surface area contributed by atoms with Crippen molar-refractivity contribution in [2.45, 2.75) is 56.9 Å². The summed E-state index contributed by atoms with van der Waals surface area (Å²) in [4.78, 5) is 29.9. The highest BCUT2D eigenvalue weighted by atomic mass is 19.4. The Labute approximate surface area is 265 Å². The molecular formula is C33H30F4N4O6. The molecule has 2 atom stereocenters. The van der Waals surface area contributed by atoms with Crippen molar-refractivity contribution >= 4 is 11.8 Å². The first-order valence-electron chi connectivity index (χ1n) is 14.7. The van der Waals surface area contributed by atoms with Gasteiger partial charge in [0.2, 0.25) is 11.5 Å². The molecular weight excluding hydrogens is 624 g/mol. The van der Waals surface area contributed by atoms with E-state index < -0.39 is 47.1 Å². The molecule has 0 spiro atoms. The van der Waals surface area contributed by atoms with Crippen molar-refractivity contribution in [2.75, 3.05) is 13.2 Å². The molecule has 2 amide bonds. The number of aliphatic hydroxyl groups is 1. The first-order chi connectivity index (χ1) is 22.1. The molecule has 0 saturated heterocycles. The number of fused-ring (bicyclic) bond motifs is 1. The standard InChI is InChI=1S/C33H30F4N4O6/c1-16-26(17(2)47-41-16)22-11-6-19(12-24(22)46-21-9-10-21)29(42)39-14-32(44,33(35,36)37)25-13-23-28(45-15-31(23,3)30(38)43)27(40-25)18-4-7-20(34)8-5-18/h4-8,11-13,21,44H,9-10,14-15H2,1-3H3,(H2,38,43)(H,39,42)/t31-,32?/m0/s1. The molecule has 1 fully saturated rings. The summed E-state index contributed by atoms with van der Waals surface area (Å²) >= 11 is 0. The van der Waals surface area contributed by atoms with Gasteiger partial charge in [-0.1, -0.05) is 5.16 Å². The van der Waals surface area contributed by atoms with Crippen LogP contribution < -0.4 is 20.5 Å². The van der Waals surface area contributed by atoms with E-state index in [-0.39, 0.29) is 40.8 Å². The van der Waals surface area contributed by atoms with Crippen LogP contribution in [0.4, 0.5) is 17.6 Å². The molecule has 2 aromatic carbocycles. The average Bonchev–Trinajstić information content (AvgIpc) is 3.69. The third-order valence-electron chi connectivity index (χ3n) is 8.50. The number of carbonyl (C=O) groups is 2. The normalized spacial score (nSPS) is 18.6. The summed E-state index contributed by atoms with van der Waals surface area (Å²) < 4.78 is 75.1. The van der Waals surface area contributed by atoms with E-state index in [2.05, 4.69) is 15.5 Å². The van der Waals surface area contributed by atoms with Crippen molar-refractivity contribution in [3.63, 3.8) is 0 Å². The van der Waals surface area contributed by atoms with Gasteiger partial charge in [-0.2, -0.15) is 13.2 Å². The van der Waals surface area contributed by atoms with Gasteiger partial charge in [0, 0.05) is 22.3 Å². The highest BCUT2D eigenvalue weighted by Crippen LogP contribution is 2.48. The fraction of sp³-hybridized carbons (Fsp3) is 0.333. The number of pyridine rings is 1. The zero-order valence-electron chi connectivity index (χ0n) is 25.5. The number of primary amides is 1. The quantitative estimate of drug-likeness (QED) is 0.213. The Morgan fingerprint density at radius 3 is 2.43 bits per heavy atom. The molecule has 6 rings (SSSR count). The summed E-state index contributed by atoms with van der Waals surface area (Å²) in [6.07, 6.45) is -3.82. The van der Waals surface area contributed by atoms with E-state index in [4.69, 9.17) is 19.7 Å². The first kappa shape index (κ1) is 32.0. The number of rotatable bonds is 9. The van der Waals surface area contributed by atoms with Gasteiger partial charge >= 0.3 is 6.18 Å². The predicted octanol–water partition coefficient (Wildman–Crippen LogP) is 5.02. The number of nitrogens with two attached hydrogens (primary N) is 1. The summed E-state index contributed by atoms with van der Waals surface area (Å²) in [5, 5.41) is 17.5. The molecule has 2 aliphatic rings. The number of hydrogen-bond donors (Lipinski definition) is 3. The van der Waals surface area contributed by atoms with E-state index >= 15 is 0 Å². The first-order valence-corrected chi connectivity index (χ1v) is 14.7. The summed E-state index contributed by atoms with van der Waals surface area (Å²) in [5.74, 6) is -1.59. The van der Waals surface area contributed by atoms with Gasteiger partial charge in [0.1, 0.15) is 40.8 Å². The van der Waals surface area contributed by atoms with Crippen LogP contribution in [0.5, 0.6) is 11.5 Å². The number of benzene rings is 2. The second-order valence-corrected chi connectivity index (χ2v) is 12.0. The fourth-order valence-electron chi connectivity index (χ4n) is 5.45. The lowest BCUT2D eigenvalue weighted by atomic mass is 9.81. The van der Waals surface area contributed by atoms with Crippen molar-refractivity contribution in [1.29, 1.82) is 0 Å². The smallest absolute Gasteiger partial charge is 0.424 e. The summed E-state index contributed by atoms with van der Waals surface area (Å²) in [6.45, 7) is 3.22. The van der Waals surface area contributed by atoms with Gasteiger partial charge in [-0.05, 0) is 82.1 Å². The number of nitrogens with zero attached hydrogens (tertiary/aromatic N) is 2. The molecule has 47 heavy (non-hydrogen) atoms. The van der Waals surface area contributed by atoms with Gasteiger partial charge in [-0.25, -0.2) is 9.37 Å². The summed E-state index contributed by atoms with van der Waals surface area (Å²) in [7, 11) is 0. The molecule has 3 heterocycles. The Bertz CT molecular complexity index is 1870. The van der Waals surface area contributed by atoms with Gasteiger partial charge < -0.3 is 30.2 Å². The fourth-order valence-corrected chi connectivity index (χ4v) is 5.45. The SMILES string of the molecule is Cc1noc(C)c1-c1ccc(C(=O)NCC(O)(c2cc3c(c(-c4ccc(F)cc4)n2)OC[C@]3(C)C(N)=O)C(F)(F)F)cc1OC1CC1. The van der Waals surface area contributed by atoms with Crippen molar-refractivity contribution in [2.24, 2.45) is 5.73 Å². The molecule has 14 heteroatoms. The number of halogens is 4. The molecule has 4 aromatic rings. The zero-order chi connectivity index (χ0) is 33.9. The third-order valence-corrected chi connectivity index (χ3v) is 8.50. The van der Waals surface area contributed by atoms with E-state index in [9.17, 15) is 32.3 Å². The lowest BCUT2D eigenvalue weighted by Gasteiger charge is -2.31. The van der Waals surface area contributed by atoms with Crippen LogP contribution in [-0.4, -0.2) is 52.5 Å². The highest BCUT2D eigenvalue weighted by molar-refractivity contribution is 5.96. The molecule has 1 aliphatic heterocycles. The zero-order valence-corrected chi connectivity index (χ0v) is 25.5. The monoisotopic (exact) mass is 654 g/mol. The number of amides is 2. The molecule has 1 saturated carbocycles. The van der Waals surface area contributed by atoms with Crippen LogP contribution in [0, 0.1) is 19.7 Å². The Hall–Kier alpha value is -4.98. The molecule has 2 aromatic heterocycles. The van der Waals surface area contributed by atoms with Crippen LogP contribution in [0.1, 0.15) is 52.8 Å². The number of aryl methyl sites for hydroxylation is 2. The third kappa shape index (κ3) is 5.66. The molecule has 0 bridgehead atoms. The van der Waals surface area contributed by atoms with Gasteiger partial charge in [0.15, 0.2) is 0 Å². The van der Waals surface area contributed by atoms with Crippen LogP contribution in [0.3, 0.4) is 0 Å². The lowest BCUT2D eigenvalue weighted by molar-refractivity contribution is -0.265. The van der Waals surface area contributed by atoms with Crippen LogP contribution in [0.15, 0.2) is 53.1 Å². The van der Waals surface area contributed by atoms with E-state index in [1.165, 1.54) is 31.2 Å². The van der Waals surface area contributed by atoms with Gasteiger partial charge in [-0.15, -0.1) is 0 Å². The molecule has 10 nitrogen and oxygen atoms in total. The molecule has 1 unspecified atom stereocenters. The minimum absolute atomic E-state index is 0.0238. The molecule has 0 radical (unpaired) electrons. The van der Waals surface area contributed by atoms with Crippen LogP contribution in [0.2, 0.25) is 0 Å². The van der Waals surface area contributed by atoms with E-state index in [1.54, 1.807) is 19.9 Å². The Kier molecular flexibility index (Phi) is 7.74. The number of aromatic nitrogens is 2. The number of hydrogen-bond acceptors (Lipinski definition) is 8. The number of alkyl halides is 3. The van der Waals surface area contributed by atoms with Crippen LogP contribution in [0.25, 0.3) is 22.4 Å². The molecule has 246 valence electrons. The van der Waals surface area contributed by atoms with Crippen molar-refractivity contribution < 1.29 is 46.3 Å². The van der Waals surface area contributed by atoms with Gasteiger partial charge in [0.25, 0.3) is 5.91 Å². The highest BCUT2D eigenvalue weighted by Gasteiger charge is 2.57. The van der Waals surface area contributed by atoms with Crippen molar-refractivity contribution in [3.8, 4) is 33.9 Å². The maximum atomic E-state index is 14.8. The van der Waals surface area contributed by atoms with Gasteiger partial charge in [-0.3, -0.25) is 9.59 Å². The second-order valence-electron chi connectivity index (χ2n) is 12.0. The van der Waals surface area contributed by atoms with E-state index in [0.717, 1.165) is 31.0 Å².